The van der Waals surface area contributed by atoms with Gasteiger partial charge >= 0.3 is 11.9 Å². The summed E-state index contributed by atoms with van der Waals surface area (Å²) >= 11 is 2.21. The molecule has 0 unspecified atom stereocenters. The van der Waals surface area contributed by atoms with Crippen LogP contribution in [0.15, 0.2) is 29.5 Å². The maximum Gasteiger partial charge on any atom is 0.355 e. The van der Waals surface area contributed by atoms with Gasteiger partial charge in [-0.3, -0.25) is 0 Å². The Kier molecular flexibility index (Phi) is 6.22. The Hall–Kier alpha value is -1.61. The van der Waals surface area contributed by atoms with Gasteiger partial charge in [-0.2, -0.15) is 0 Å². The van der Waals surface area contributed by atoms with Crippen LogP contribution in [0.25, 0.3) is 0 Å². The summed E-state index contributed by atoms with van der Waals surface area (Å²) < 4.78 is 16.1. The van der Waals surface area contributed by atoms with Gasteiger partial charge in [0.15, 0.2) is 0 Å². The van der Waals surface area contributed by atoms with Crippen LogP contribution in [0, 0.1) is 3.57 Å². The van der Waals surface area contributed by atoms with Gasteiger partial charge in [0, 0.05) is 3.57 Å². The van der Waals surface area contributed by atoms with Crippen LogP contribution >= 0.6 is 22.6 Å². The highest BCUT2D eigenvalue weighted by molar-refractivity contribution is 14.1. The highest BCUT2D eigenvalue weighted by Gasteiger charge is 2.33. The molecule has 1 aromatic carbocycles. The van der Waals surface area contributed by atoms with Gasteiger partial charge in [-0.05, 0) is 46.2 Å². The topological polar surface area (TPSA) is 65.1 Å². The van der Waals surface area contributed by atoms with Gasteiger partial charge < -0.3 is 19.1 Å². The fourth-order valence-corrected chi connectivity index (χ4v) is 3.27. The molecular formula is C17H20INO5. The normalized spacial score (nSPS) is 14.8. The van der Waals surface area contributed by atoms with Crippen molar-refractivity contribution in [1.29, 1.82) is 0 Å². The zero-order valence-electron chi connectivity index (χ0n) is 14.1. The predicted molar refractivity (Wildman–Crippen MR) is 97.6 cm³/mol. The number of hydrogen-bond donors (Lipinski definition) is 0. The standard InChI is InChI=1S/C17H20INO5/c1-10(2)11-5-6-14(13(18)7-11)19-9-24-8-12(16(20)22-3)15(19)17(21)23-4/h5-7,10H,8-9H2,1-4H3. The molecule has 130 valence electrons. The molecule has 0 amide bonds. The van der Waals surface area contributed by atoms with Gasteiger partial charge in [0.05, 0.1) is 32.1 Å². The lowest BCUT2D eigenvalue weighted by Gasteiger charge is -2.32. The molecule has 1 heterocycles. The molecule has 1 aromatic rings. The van der Waals surface area contributed by atoms with Crippen molar-refractivity contribution in [1.82, 2.24) is 0 Å². The minimum Gasteiger partial charge on any atom is -0.466 e. The van der Waals surface area contributed by atoms with Crippen molar-refractivity contribution in [3.63, 3.8) is 0 Å². The summed E-state index contributed by atoms with van der Waals surface area (Å²) in [7, 11) is 2.55. The number of halogens is 1. The maximum atomic E-state index is 12.3. The number of hydrogen-bond acceptors (Lipinski definition) is 6. The summed E-state index contributed by atoms with van der Waals surface area (Å²) in [5.74, 6) is -0.803. The van der Waals surface area contributed by atoms with Crippen LogP contribution in [0.2, 0.25) is 0 Å². The number of esters is 2. The monoisotopic (exact) mass is 445 g/mol. The summed E-state index contributed by atoms with van der Waals surface area (Å²) in [6.45, 7) is 4.39. The summed E-state index contributed by atoms with van der Waals surface area (Å²) in [6, 6.07) is 5.98. The van der Waals surface area contributed by atoms with Crippen LogP contribution in [0.1, 0.15) is 25.3 Å². The highest BCUT2D eigenvalue weighted by atomic mass is 127. The van der Waals surface area contributed by atoms with E-state index in [0.29, 0.717) is 5.92 Å². The highest BCUT2D eigenvalue weighted by Crippen LogP contribution is 2.32. The molecule has 24 heavy (non-hydrogen) atoms. The molecule has 0 aromatic heterocycles. The molecule has 0 saturated carbocycles. The first kappa shape index (κ1) is 18.7. The third-order valence-corrected chi connectivity index (χ3v) is 4.63. The molecule has 0 bridgehead atoms. The van der Waals surface area contributed by atoms with Crippen LogP contribution < -0.4 is 4.90 Å². The molecule has 1 aliphatic rings. The van der Waals surface area contributed by atoms with Crippen LogP contribution in [0.5, 0.6) is 0 Å². The van der Waals surface area contributed by atoms with Crippen molar-refractivity contribution in [2.75, 3.05) is 32.5 Å². The van der Waals surface area contributed by atoms with Crippen molar-refractivity contribution >= 4 is 40.2 Å². The molecule has 0 N–H and O–H groups in total. The molecular weight excluding hydrogens is 425 g/mol. The maximum absolute atomic E-state index is 12.3. The van der Waals surface area contributed by atoms with E-state index in [1.165, 1.54) is 19.8 Å². The number of carbonyl (C=O) groups excluding carboxylic acids is 2. The quantitative estimate of drug-likeness (QED) is 0.525. The van der Waals surface area contributed by atoms with E-state index in [4.69, 9.17) is 14.2 Å². The molecule has 0 fully saturated rings. The summed E-state index contributed by atoms with van der Waals surface area (Å²) in [4.78, 5) is 25.9. The van der Waals surface area contributed by atoms with Crippen LogP contribution in [-0.4, -0.2) is 39.5 Å². The predicted octanol–water partition coefficient (Wildman–Crippen LogP) is 2.81. The number of methoxy groups -OCH3 is 2. The summed E-state index contributed by atoms with van der Waals surface area (Å²) in [5, 5.41) is 0. The van der Waals surface area contributed by atoms with Gasteiger partial charge in [0.1, 0.15) is 12.4 Å². The van der Waals surface area contributed by atoms with Crippen molar-refractivity contribution in [3.8, 4) is 0 Å². The van der Waals surface area contributed by atoms with E-state index in [9.17, 15) is 9.59 Å². The Morgan fingerprint density at radius 1 is 1.21 bits per heavy atom. The third kappa shape index (κ3) is 3.72. The summed E-state index contributed by atoms with van der Waals surface area (Å²) in [6.07, 6.45) is 0. The molecule has 2 rings (SSSR count). The molecule has 7 heteroatoms. The second kappa shape index (κ2) is 7.98. The van der Waals surface area contributed by atoms with Crippen molar-refractivity contribution in [3.05, 3.63) is 38.6 Å². The van der Waals surface area contributed by atoms with Crippen LogP contribution in [-0.2, 0) is 23.8 Å². The van der Waals surface area contributed by atoms with E-state index >= 15 is 0 Å². The van der Waals surface area contributed by atoms with Gasteiger partial charge in [-0.1, -0.05) is 19.9 Å². The van der Waals surface area contributed by atoms with Gasteiger partial charge in [0.2, 0.25) is 0 Å². The second-order valence-electron chi connectivity index (χ2n) is 5.58. The Morgan fingerprint density at radius 3 is 2.42 bits per heavy atom. The Labute approximate surface area is 154 Å². The fraction of sp³-hybridized carbons (Fsp3) is 0.412. The third-order valence-electron chi connectivity index (χ3n) is 3.76. The molecule has 0 aliphatic carbocycles. The number of benzene rings is 1. The zero-order chi connectivity index (χ0) is 17.9. The Morgan fingerprint density at radius 2 is 1.88 bits per heavy atom. The number of nitrogens with zero attached hydrogens (tertiary/aromatic N) is 1. The molecule has 0 spiro atoms. The number of carbonyl (C=O) groups is 2. The van der Waals surface area contributed by atoms with E-state index in [1.807, 2.05) is 12.1 Å². The molecule has 0 radical (unpaired) electrons. The number of rotatable bonds is 4. The lowest BCUT2D eigenvalue weighted by molar-refractivity contribution is -0.140. The lowest BCUT2D eigenvalue weighted by Crippen LogP contribution is -2.39. The first-order valence-corrected chi connectivity index (χ1v) is 8.53. The molecule has 1 aliphatic heterocycles. The average molecular weight is 445 g/mol. The minimum atomic E-state index is -0.603. The Bertz CT molecular complexity index is 684. The Balaban J connectivity index is 2.55. The smallest absolute Gasteiger partial charge is 0.355 e. The van der Waals surface area contributed by atoms with E-state index in [1.54, 1.807) is 4.90 Å². The second-order valence-corrected chi connectivity index (χ2v) is 6.74. The van der Waals surface area contributed by atoms with E-state index in [-0.39, 0.29) is 24.6 Å². The minimum absolute atomic E-state index is 0.00820. The number of anilines is 1. The average Bonchev–Trinajstić information content (AvgIpc) is 2.59. The van der Waals surface area contributed by atoms with E-state index in [2.05, 4.69) is 42.5 Å². The molecule has 0 atom stereocenters. The van der Waals surface area contributed by atoms with Crippen molar-refractivity contribution < 1.29 is 23.8 Å². The lowest BCUT2D eigenvalue weighted by atomic mass is 10.0. The van der Waals surface area contributed by atoms with Gasteiger partial charge in [0.25, 0.3) is 0 Å². The van der Waals surface area contributed by atoms with Crippen LogP contribution in [0.3, 0.4) is 0 Å². The summed E-state index contributed by atoms with van der Waals surface area (Å²) in [5.41, 5.74) is 2.28. The van der Waals surface area contributed by atoms with E-state index in [0.717, 1.165) is 9.26 Å². The zero-order valence-corrected chi connectivity index (χ0v) is 16.2. The van der Waals surface area contributed by atoms with Crippen molar-refractivity contribution in [2.45, 2.75) is 19.8 Å². The first-order valence-electron chi connectivity index (χ1n) is 7.45. The SMILES string of the molecule is COC(=O)C1=C(C(=O)OC)N(c2ccc(C(C)C)cc2I)COC1. The van der Waals surface area contributed by atoms with Gasteiger partial charge in [-0.15, -0.1) is 0 Å². The van der Waals surface area contributed by atoms with Crippen LogP contribution in [0.4, 0.5) is 5.69 Å². The first-order chi connectivity index (χ1) is 11.4. The molecule has 0 saturated heterocycles. The fourth-order valence-electron chi connectivity index (χ4n) is 2.43. The van der Waals surface area contributed by atoms with Gasteiger partial charge in [-0.25, -0.2) is 9.59 Å². The number of ether oxygens (including phenoxy) is 3. The largest absolute Gasteiger partial charge is 0.466 e. The van der Waals surface area contributed by atoms with Crippen molar-refractivity contribution in [2.24, 2.45) is 0 Å². The van der Waals surface area contributed by atoms with E-state index < -0.39 is 11.9 Å². The molecule has 6 nitrogen and oxygen atoms in total.